The summed E-state index contributed by atoms with van der Waals surface area (Å²) in [5.74, 6) is 0.661. The fourth-order valence-electron chi connectivity index (χ4n) is 2.68. The zero-order chi connectivity index (χ0) is 17.3. The van der Waals surface area contributed by atoms with E-state index in [0.29, 0.717) is 12.2 Å². The van der Waals surface area contributed by atoms with Crippen molar-refractivity contribution >= 4 is 5.97 Å². The van der Waals surface area contributed by atoms with Crippen LogP contribution in [-0.2, 0) is 9.53 Å². The minimum Gasteiger partial charge on any atom is -0.462 e. The van der Waals surface area contributed by atoms with E-state index in [4.69, 9.17) is 4.74 Å². The van der Waals surface area contributed by atoms with Crippen molar-refractivity contribution in [1.82, 2.24) is 0 Å². The second-order valence-electron chi connectivity index (χ2n) is 7.11. The van der Waals surface area contributed by atoms with E-state index in [2.05, 4.69) is 20.4 Å². The Kier molecular flexibility index (Phi) is 15.5. The maximum absolute atomic E-state index is 11.2. The smallest absolute Gasteiger partial charge is 0.333 e. The molecule has 0 aliphatic carbocycles. The summed E-state index contributed by atoms with van der Waals surface area (Å²) >= 11 is 0. The molecule has 0 heterocycles. The fourth-order valence-corrected chi connectivity index (χ4v) is 2.68. The number of esters is 1. The Bertz CT molecular complexity index is 296. The molecular formula is C21H40O2. The second kappa shape index (κ2) is 16.1. The van der Waals surface area contributed by atoms with Gasteiger partial charge in [0, 0.05) is 5.57 Å². The molecule has 0 bridgehead atoms. The van der Waals surface area contributed by atoms with Crippen LogP contribution in [0, 0.1) is 5.92 Å². The molecule has 0 aromatic heterocycles. The molecule has 0 amide bonds. The normalized spacial score (nSPS) is 12.1. The highest BCUT2D eigenvalue weighted by atomic mass is 16.5. The minimum atomic E-state index is -0.255. The lowest BCUT2D eigenvalue weighted by Gasteiger charge is -2.07. The monoisotopic (exact) mass is 324 g/mol. The predicted molar refractivity (Wildman–Crippen MR) is 101 cm³/mol. The molecule has 0 spiro atoms. The van der Waals surface area contributed by atoms with Gasteiger partial charge in [0.05, 0.1) is 6.61 Å². The third-order valence-corrected chi connectivity index (χ3v) is 4.62. The Morgan fingerprint density at radius 1 is 0.870 bits per heavy atom. The van der Waals surface area contributed by atoms with Gasteiger partial charge in [-0.15, -0.1) is 0 Å². The van der Waals surface area contributed by atoms with Gasteiger partial charge in [0.2, 0.25) is 0 Å². The number of rotatable bonds is 16. The molecule has 0 aromatic rings. The Labute approximate surface area is 145 Å². The molecule has 0 aliphatic rings. The third kappa shape index (κ3) is 15.9. The first-order valence-electron chi connectivity index (χ1n) is 9.90. The van der Waals surface area contributed by atoms with Crippen molar-refractivity contribution < 1.29 is 9.53 Å². The van der Waals surface area contributed by atoms with Crippen molar-refractivity contribution in [3.05, 3.63) is 12.2 Å². The Balaban J connectivity index is 3.11. The molecule has 136 valence electrons. The number of ether oxygens (including phenoxy) is 1. The van der Waals surface area contributed by atoms with Gasteiger partial charge in [-0.2, -0.15) is 0 Å². The predicted octanol–water partition coefficient (Wildman–Crippen LogP) is 6.83. The molecule has 0 aliphatic heterocycles. The summed E-state index contributed by atoms with van der Waals surface area (Å²) in [4.78, 5) is 11.2. The standard InChI is InChI=1S/C21H40O2/c1-5-20(4)17-15-13-11-9-7-6-8-10-12-14-16-18-23-21(22)19(2)3/h20H,2,5-18H2,1,3-4H3. The van der Waals surface area contributed by atoms with E-state index in [9.17, 15) is 4.79 Å². The number of carbonyl (C=O) groups excluding carboxylic acids is 1. The van der Waals surface area contributed by atoms with Gasteiger partial charge < -0.3 is 4.74 Å². The van der Waals surface area contributed by atoms with E-state index < -0.39 is 0 Å². The van der Waals surface area contributed by atoms with Crippen LogP contribution in [0.25, 0.3) is 0 Å². The highest BCUT2D eigenvalue weighted by Gasteiger charge is 2.01. The summed E-state index contributed by atoms with van der Waals surface area (Å²) in [6.07, 6.45) is 17.3. The van der Waals surface area contributed by atoms with Crippen molar-refractivity contribution in [3.8, 4) is 0 Å². The van der Waals surface area contributed by atoms with Crippen molar-refractivity contribution in [3.63, 3.8) is 0 Å². The maximum atomic E-state index is 11.2. The number of carbonyl (C=O) groups is 1. The molecule has 0 rings (SSSR count). The van der Waals surface area contributed by atoms with Gasteiger partial charge >= 0.3 is 5.97 Å². The molecule has 0 aromatic carbocycles. The molecule has 1 atom stereocenters. The van der Waals surface area contributed by atoms with Crippen LogP contribution in [0.2, 0.25) is 0 Å². The van der Waals surface area contributed by atoms with Gasteiger partial charge in [0.25, 0.3) is 0 Å². The molecule has 2 heteroatoms. The summed E-state index contributed by atoms with van der Waals surface area (Å²) < 4.78 is 5.08. The lowest BCUT2D eigenvalue weighted by molar-refractivity contribution is -0.139. The van der Waals surface area contributed by atoms with Gasteiger partial charge in [0.15, 0.2) is 0 Å². The SMILES string of the molecule is C=C(C)C(=O)OCCCCCCCCCCCCCC(C)CC. The van der Waals surface area contributed by atoms with Gasteiger partial charge in [-0.1, -0.05) is 97.5 Å². The summed E-state index contributed by atoms with van der Waals surface area (Å²) in [7, 11) is 0. The lowest BCUT2D eigenvalue weighted by atomic mass is 9.99. The van der Waals surface area contributed by atoms with Crippen LogP contribution < -0.4 is 0 Å². The van der Waals surface area contributed by atoms with Gasteiger partial charge in [0.1, 0.15) is 0 Å². The Morgan fingerprint density at radius 3 is 1.74 bits per heavy atom. The van der Waals surface area contributed by atoms with Crippen LogP contribution >= 0.6 is 0 Å². The second-order valence-corrected chi connectivity index (χ2v) is 7.11. The summed E-state index contributed by atoms with van der Waals surface area (Å²) in [5, 5.41) is 0. The molecule has 0 radical (unpaired) electrons. The summed E-state index contributed by atoms with van der Waals surface area (Å²) in [6.45, 7) is 10.5. The van der Waals surface area contributed by atoms with Gasteiger partial charge in [-0.25, -0.2) is 4.79 Å². The summed E-state index contributed by atoms with van der Waals surface area (Å²) in [6, 6.07) is 0. The molecule has 1 unspecified atom stereocenters. The van der Waals surface area contributed by atoms with E-state index in [0.717, 1.165) is 12.3 Å². The van der Waals surface area contributed by atoms with Crippen molar-refractivity contribution in [2.24, 2.45) is 5.92 Å². The molecular weight excluding hydrogens is 284 g/mol. The van der Waals surface area contributed by atoms with Gasteiger partial charge in [-0.05, 0) is 19.3 Å². The zero-order valence-electron chi connectivity index (χ0n) is 16.0. The molecule has 0 saturated carbocycles. The van der Waals surface area contributed by atoms with Crippen molar-refractivity contribution in [2.45, 2.75) is 104 Å². The molecule has 2 nitrogen and oxygen atoms in total. The lowest BCUT2D eigenvalue weighted by Crippen LogP contribution is -2.05. The van der Waals surface area contributed by atoms with E-state index in [-0.39, 0.29) is 5.97 Å². The first kappa shape index (κ1) is 22.2. The van der Waals surface area contributed by atoms with Gasteiger partial charge in [-0.3, -0.25) is 0 Å². The molecule has 0 fully saturated rings. The Morgan fingerprint density at radius 2 is 1.30 bits per heavy atom. The fraction of sp³-hybridized carbons (Fsp3) is 0.857. The minimum absolute atomic E-state index is 0.255. The van der Waals surface area contributed by atoms with E-state index in [1.54, 1.807) is 6.92 Å². The number of hydrogen-bond donors (Lipinski definition) is 0. The van der Waals surface area contributed by atoms with Crippen LogP contribution in [0.4, 0.5) is 0 Å². The van der Waals surface area contributed by atoms with Crippen LogP contribution in [0.5, 0.6) is 0 Å². The first-order valence-corrected chi connectivity index (χ1v) is 9.90. The highest BCUT2D eigenvalue weighted by molar-refractivity contribution is 5.86. The molecule has 23 heavy (non-hydrogen) atoms. The topological polar surface area (TPSA) is 26.3 Å². The highest BCUT2D eigenvalue weighted by Crippen LogP contribution is 2.15. The van der Waals surface area contributed by atoms with Crippen molar-refractivity contribution in [1.29, 1.82) is 0 Å². The van der Waals surface area contributed by atoms with E-state index in [1.165, 1.54) is 77.0 Å². The average molecular weight is 325 g/mol. The average Bonchev–Trinajstić information content (AvgIpc) is 2.54. The van der Waals surface area contributed by atoms with E-state index >= 15 is 0 Å². The van der Waals surface area contributed by atoms with Crippen LogP contribution in [0.1, 0.15) is 104 Å². The van der Waals surface area contributed by atoms with Crippen LogP contribution in [-0.4, -0.2) is 12.6 Å². The number of hydrogen-bond acceptors (Lipinski definition) is 2. The molecule has 0 N–H and O–H groups in total. The third-order valence-electron chi connectivity index (χ3n) is 4.62. The van der Waals surface area contributed by atoms with Crippen LogP contribution in [0.15, 0.2) is 12.2 Å². The maximum Gasteiger partial charge on any atom is 0.333 e. The summed E-state index contributed by atoms with van der Waals surface area (Å²) in [5.41, 5.74) is 0.491. The first-order chi connectivity index (χ1) is 11.1. The van der Waals surface area contributed by atoms with Crippen molar-refractivity contribution in [2.75, 3.05) is 6.61 Å². The molecule has 0 saturated heterocycles. The van der Waals surface area contributed by atoms with Crippen LogP contribution in [0.3, 0.4) is 0 Å². The zero-order valence-corrected chi connectivity index (χ0v) is 16.0. The van der Waals surface area contributed by atoms with E-state index in [1.807, 2.05) is 0 Å². The largest absolute Gasteiger partial charge is 0.462 e. The quantitative estimate of drug-likeness (QED) is 0.177. The number of unbranched alkanes of at least 4 members (excludes halogenated alkanes) is 10. The Hall–Kier alpha value is -0.790.